The second kappa shape index (κ2) is 8.46. The highest BCUT2D eigenvalue weighted by molar-refractivity contribution is 6.30. The molecule has 0 unspecified atom stereocenters. The Kier molecular flexibility index (Phi) is 7.25. The number of nitrogens with one attached hydrogen (secondary N) is 1. The van der Waals surface area contributed by atoms with E-state index in [1.807, 2.05) is 6.07 Å². The summed E-state index contributed by atoms with van der Waals surface area (Å²) in [5, 5.41) is 3.36. The molecule has 0 spiro atoms. The average molecular weight is 274 g/mol. The van der Waals surface area contributed by atoms with Crippen molar-refractivity contribution in [2.45, 2.75) is 26.8 Å². The van der Waals surface area contributed by atoms with Crippen molar-refractivity contribution in [2.75, 3.05) is 19.8 Å². The summed E-state index contributed by atoms with van der Waals surface area (Å²) in [5.74, 6) is 0.305. The Balaban J connectivity index is 2.09. The minimum Gasteiger partial charge on any atom is -0.380 e. The van der Waals surface area contributed by atoms with Gasteiger partial charge in [-0.05, 0) is 30.0 Å². The van der Waals surface area contributed by atoms with E-state index in [-0.39, 0.29) is 10.8 Å². The van der Waals surface area contributed by atoms with Gasteiger partial charge in [0.1, 0.15) is 5.82 Å². The van der Waals surface area contributed by atoms with E-state index < -0.39 is 0 Å². The van der Waals surface area contributed by atoms with E-state index in [4.69, 9.17) is 16.3 Å². The number of benzene rings is 1. The number of hydrogen-bond acceptors (Lipinski definition) is 2. The summed E-state index contributed by atoms with van der Waals surface area (Å²) < 4.78 is 18.6. The molecular formula is C14H21ClFNO. The van der Waals surface area contributed by atoms with E-state index in [2.05, 4.69) is 19.2 Å². The zero-order valence-electron chi connectivity index (χ0n) is 11.0. The third-order valence-electron chi connectivity index (χ3n) is 2.58. The van der Waals surface area contributed by atoms with E-state index in [0.29, 0.717) is 19.1 Å². The minimum atomic E-state index is -0.371. The molecule has 0 heterocycles. The average Bonchev–Trinajstić information content (AvgIpc) is 2.32. The van der Waals surface area contributed by atoms with Gasteiger partial charge in [-0.25, -0.2) is 4.39 Å². The highest BCUT2D eigenvalue weighted by Crippen LogP contribution is 2.15. The monoisotopic (exact) mass is 273 g/mol. The molecule has 0 atom stereocenters. The van der Waals surface area contributed by atoms with Crippen LogP contribution in [0, 0.1) is 11.7 Å². The minimum absolute atomic E-state index is 0.163. The van der Waals surface area contributed by atoms with Gasteiger partial charge in [0.05, 0.1) is 11.6 Å². The number of ether oxygens (including phenoxy) is 1. The molecule has 0 saturated carbocycles. The van der Waals surface area contributed by atoms with Crippen LogP contribution in [0.5, 0.6) is 0 Å². The second-order valence-electron chi connectivity index (χ2n) is 4.72. The number of halogens is 2. The predicted octanol–water partition coefficient (Wildman–Crippen LogP) is 3.63. The first-order valence-corrected chi connectivity index (χ1v) is 6.69. The zero-order chi connectivity index (χ0) is 13.4. The van der Waals surface area contributed by atoms with Gasteiger partial charge in [0.15, 0.2) is 0 Å². The lowest BCUT2D eigenvalue weighted by molar-refractivity contribution is 0.125. The normalized spacial score (nSPS) is 11.2. The molecule has 4 heteroatoms. The Morgan fingerprint density at radius 3 is 2.78 bits per heavy atom. The van der Waals surface area contributed by atoms with Crippen molar-refractivity contribution in [3.63, 3.8) is 0 Å². The van der Waals surface area contributed by atoms with E-state index in [1.54, 1.807) is 6.07 Å². The summed E-state index contributed by atoms with van der Waals surface area (Å²) in [6, 6.07) is 4.85. The van der Waals surface area contributed by atoms with Gasteiger partial charge >= 0.3 is 0 Å². The third-order valence-corrected chi connectivity index (χ3v) is 2.88. The first-order valence-electron chi connectivity index (χ1n) is 6.32. The highest BCUT2D eigenvalue weighted by Gasteiger charge is 2.00. The highest BCUT2D eigenvalue weighted by atomic mass is 35.5. The molecule has 0 bridgehead atoms. The van der Waals surface area contributed by atoms with Gasteiger partial charge in [-0.3, -0.25) is 0 Å². The number of hydrogen-bond donors (Lipinski definition) is 1. The van der Waals surface area contributed by atoms with Crippen LogP contribution >= 0.6 is 11.6 Å². The van der Waals surface area contributed by atoms with Gasteiger partial charge in [-0.15, -0.1) is 0 Å². The summed E-state index contributed by atoms with van der Waals surface area (Å²) in [6.07, 6.45) is 1.09. The van der Waals surface area contributed by atoms with Gasteiger partial charge in [0.25, 0.3) is 0 Å². The van der Waals surface area contributed by atoms with Crippen LogP contribution in [0.15, 0.2) is 18.2 Å². The van der Waals surface area contributed by atoms with Gasteiger partial charge in [-0.2, -0.15) is 0 Å². The van der Waals surface area contributed by atoms with Crippen molar-refractivity contribution >= 4 is 11.6 Å². The quantitative estimate of drug-likeness (QED) is 0.731. The van der Waals surface area contributed by atoms with E-state index in [9.17, 15) is 4.39 Å². The first-order chi connectivity index (χ1) is 8.59. The molecule has 0 aromatic heterocycles. The van der Waals surface area contributed by atoms with Crippen LogP contribution in [0.1, 0.15) is 25.8 Å². The SMILES string of the molecule is CC(C)CCOCCNCc1ccc(Cl)c(F)c1. The van der Waals surface area contributed by atoms with E-state index in [1.165, 1.54) is 6.07 Å². The standard InChI is InChI=1S/C14H21ClFNO/c1-11(2)5-7-18-8-6-17-10-12-3-4-13(15)14(16)9-12/h3-4,9,11,17H,5-8,10H2,1-2H3. The Hall–Kier alpha value is -0.640. The molecule has 0 saturated heterocycles. The molecule has 18 heavy (non-hydrogen) atoms. The largest absolute Gasteiger partial charge is 0.380 e. The molecule has 1 rings (SSSR count). The Morgan fingerprint density at radius 1 is 1.33 bits per heavy atom. The van der Waals surface area contributed by atoms with Crippen LogP contribution in [0.25, 0.3) is 0 Å². The zero-order valence-corrected chi connectivity index (χ0v) is 11.8. The van der Waals surface area contributed by atoms with E-state index in [0.717, 1.165) is 25.1 Å². The second-order valence-corrected chi connectivity index (χ2v) is 5.13. The van der Waals surface area contributed by atoms with Crippen LogP contribution in [0.4, 0.5) is 4.39 Å². The molecule has 0 aliphatic heterocycles. The maximum Gasteiger partial charge on any atom is 0.142 e. The van der Waals surface area contributed by atoms with Crippen molar-refractivity contribution in [3.05, 3.63) is 34.6 Å². The summed E-state index contributed by atoms with van der Waals surface area (Å²) in [6.45, 7) is 7.23. The molecule has 1 aromatic carbocycles. The molecule has 0 fully saturated rings. The summed E-state index contributed by atoms with van der Waals surface area (Å²) in [4.78, 5) is 0. The van der Waals surface area contributed by atoms with Gasteiger partial charge < -0.3 is 10.1 Å². The molecule has 0 aliphatic carbocycles. The van der Waals surface area contributed by atoms with Gasteiger partial charge in [0, 0.05) is 19.7 Å². The summed E-state index contributed by atoms with van der Waals surface area (Å²) >= 11 is 5.61. The van der Waals surface area contributed by atoms with Crippen molar-refractivity contribution in [1.29, 1.82) is 0 Å². The fourth-order valence-corrected chi connectivity index (χ4v) is 1.57. The molecule has 102 valence electrons. The van der Waals surface area contributed by atoms with Crippen LogP contribution in [0.2, 0.25) is 5.02 Å². The molecule has 2 nitrogen and oxygen atoms in total. The Bertz CT molecular complexity index is 358. The molecule has 1 aromatic rings. The first kappa shape index (κ1) is 15.4. The topological polar surface area (TPSA) is 21.3 Å². The van der Waals surface area contributed by atoms with Crippen molar-refractivity contribution in [3.8, 4) is 0 Å². The van der Waals surface area contributed by atoms with Crippen molar-refractivity contribution in [1.82, 2.24) is 5.32 Å². The summed E-state index contributed by atoms with van der Waals surface area (Å²) in [5.41, 5.74) is 0.888. The van der Waals surface area contributed by atoms with Crippen LogP contribution < -0.4 is 5.32 Å². The fourth-order valence-electron chi connectivity index (χ4n) is 1.45. The van der Waals surface area contributed by atoms with Gasteiger partial charge in [0.2, 0.25) is 0 Å². The lowest BCUT2D eigenvalue weighted by Crippen LogP contribution is -2.19. The molecular weight excluding hydrogens is 253 g/mol. The maximum atomic E-state index is 13.1. The van der Waals surface area contributed by atoms with Gasteiger partial charge in [-0.1, -0.05) is 31.5 Å². The third kappa shape index (κ3) is 6.34. The lowest BCUT2D eigenvalue weighted by atomic mass is 10.1. The molecule has 0 aliphatic rings. The van der Waals surface area contributed by atoms with Crippen LogP contribution in [0.3, 0.4) is 0 Å². The smallest absolute Gasteiger partial charge is 0.142 e. The fraction of sp³-hybridized carbons (Fsp3) is 0.571. The predicted molar refractivity (Wildman–Crippen MR) is 73.4 cm³/mol. The lowest BCUT2D eigenvalue weighted by Gasteiger charge is -2.08. The Morgan fingerprint density at radius 2 is 2.11 bits per heavy atom. The number of rotatable bonds is 8. The van der Waals surface area contributed by atoms with Crippen LogP contribution in [-0.2, 0) is 11.3 Å². The molecule has 0 amide bonds. The summed E-state index contributed by atoms with van der Waals surface area (Å²) in [7, 11) is 0. The van der Waals surface area contributed by atoms with E-state index >= 15 is 0 Å². The van der Waals surface area contributed by atoms with Crippen LogP contribution in [-0.4, -0.2) is 19.8 Å². The Labute approximate surface area is 113 Å². The van der Waals surface area contributed by atoms with Crippen molar-refractivity contribution < 1.29 is 9.13 Å². The van der Waals surface area contributed by atoms with Crippen molar-refractivity contribution in [2.24, 2.45) is 5.92 Å². The molecule has 0 radical (unpaired) electrons. The molecule has 1 N–H and O–H groups in total. The maximum absolute atomic E-state index is 13.1.